The molecule has 0 radical (unpaired) electrons. The van der Waals surface area contributed by atoms with Crippen molar-refractivity contribution in [1.29, 1.82) is 0 Å². The van der Waals surface area contributed by atoms with E-state index in [2.05, 4.69) is 66.2 Å². The van der Waals surface area contributed by atoms with Crippen molar-refractivity contribution < 1.29 is 33.3 Å². The van der Waals surface area contributed by atoms with Gasteiger partial charge in [-0.05, 0) is 30.0 Å². The van der Waals surface area contributed by atoms with Crippen LogP contribution in [0.4, 0.5) is 0 Å². The first-order chi connectivity index (χ1) is 9.34. The molecule has 0 aliphatic heterocycles. The highest BCUT2D eigenvalue weighted by Crippen LogP contribution is 2.17. The summed E-state index contributed by atoms with van der Waals surface area (Å²) in [6.45, 7) is 2.15. The van der Waals surface area contributed by atoms with Crippen molar-refractivity contribution in [3.05, 3.63) is 60.4 Å². The van der Waals surface area contributed by atoms with Crippen LogP contribution >= 0.6 is 0 Å². The zero-order chi connectivity index (χ0) is 14.8. The molecular formula is C14H12ClNO4. The van der Waals surface area contributed by atoms with Crippen molar-refractivity contribution in [1.82, 2.24) is 0 Å². The number of fused-ring (bicyclic) bond motifs is 2. The first kappa shape index (κ1) is 14.6. The number of pyridine rings is 2. The van der Waals surface area contributed by atoms with E-state index in [0.29, 0.717) is 0 Å². The van der Waals surface area contributed by atoms with Gasteiger partial charge in [-0.15, -0.1) is 10.2 Å². The van der Waals surface area contributed by atoms with Crippen LogP contribution in [0.3, 0.4) is 0 Å². The third kappa shape index (κ3) is 3.86. The maximum Gasteiger partial charge on any atom is 0.211 e. The Morgan fingerprint density at radius 2 is 1.65 bits per heavy atom. The Labute approximate surface area is 117 Å². The largest absolute Gasteiger partial charge is 0.222 e. The fraction of sp³-hybridized carbons (Fsp3) is 0.0714. The van der Waals surface area contributed by atoms with E-state index in [4.69, 9.17) is 18.6 Å². The molecule has 0 unspecified atom stereocenters. The van der Waals surface area contributed by atoms with Gasteiger partial charge in [0.2, 0.25) is 5.52 Å². The molecule has 1 aromatic carbocycles. The summed E-state index contributed by atoms with van der Waals surface area (Å²) in [5, 5.41) is 2.63. The zero-order valence-electron chi connectivity index (χ0n) is 10.7. The van der Waals surface area contributed by atoms with Crippen molar-refractivity contribution in [2.24, 2.45) is 0 Å². The molecule has 0 aliphatic rings. The van der Waals surface area contributed by atoms with Crippen LogP contribution in [0.5, 0.6) is 0 Å². The first-order valence-electron chi connectivity index (χ1n) is 5.76. The maximum absolute atomic E-state index is 8.49. The van der Waals surface area contributed by atoms with Crippen LogP contribution in [0.2, 0.25) is 0 Å². The average Bonchev–Trinajstić information content (AvgIpc) is 2.35. The van der Waals surface area contributed by atoms with Crippen LogP contribution in [-0.2, 0) is 0 Å². The Morgan fingerprint density at radius 1 is 0.950 bits per heavy atom. The van der Waals surface area contributed by atoms with Crippen LogP contribution in [0.25, 0.3) is 16.3 Å². The van der Waals surface area contributed by atoms with Gasteiger partial charge < -0.3 is 0 Å². The molecule has 20 heavy (non-hydrogen) atoms. The van der Waals surface area contributed by atoms with E-state index >= 15 is 0 Å². The summed E-state index contributed by atoms with van der Waals surface area (Å²) in [7, 11) is -4.94. The van der Waals surface area contributed by atoms with Crippen LogP contribution in [0, 0.1) is 17.2 Å². The summed E-state index contributed by atoms with van der Waals surface area (Å²) in [5.74, 6) is 0. The van der Waals surface area contributed by atoms with Gasteiger partial charge in [-0.1, -0.05) is 12.1 Å². The Hall–Kier alpha value is -1.76. The lowest BCUT2D eigenvalue weighted by Gasteiger charge is -2.17. The maximum atomic E-state index is 8.49. The van der Waals surface area contributed by atoms with Crippen LogP contribution < -0.4 is 23.0 Å². The fourth-order valence-electron chi connectivity index (χ4n) is 2.02. The molecule has 0 saturated carbocycles. The van der Waals surface area contributed by atoms with Gasteiger partial charge in [-0.25, -0.2) is 18.6 Å². The molecule has 0 atom stereocenters. The average molecular weight is 294 g/mol. The van der Waals surface area contributed by atoms with Crippen LogP contribution in [0.1, 0.15) is 5.56 Å². The topological polar surface area (TPSA) is 96.3 Å². The normalized spacial score (nSPS) is 11.2. The number of aryl methyl sites for hydroxylation is 1. The molecule has 0 saturated heterocycles. The second kappa shape index (κ2) is 5.70. The SMILES string of the molecule is Cc1cccc2c[n+]3ccccc3cc12.[O-][Cl+3]([O-])([O-])[O-]. The van der Waals surface area contributed by atoms with Crippen molar-refractivity contribution in [3.8, 4) is 0 Å². The quantitative estimate of drug-likeness (QED) is 0.358. The molecule has 6 heteroatoms. The molecular weight excluding hydrogens is 282 g/mol. The number of benzene rings is 1. The summed E-state index contributed by atoms with van der Waals surface area (Å²) in [6.07, 6.45) is 4.26. The summed E-state index contributed by atoms with van der Waals surface area (Å²) < 4.78 is 36.1. The molecule has 2 heterocycles. The van der Waals surface area contributed by atoms with Gasteiger partial charge >= 0.3 is 0 Å². The summed E-state index contributed by atoms with van der Waals surface area (Å²) >= 11 is 0. The van der Waals surface area contributed by atoms with Gasteiger partial charge in [0.1, 0.15) is 0 Å². The van der Waals surface area contributed by atoms with E-state index in [1.807, 2.05) is 0 Å². The lowest BCUT2D eigenvalue weighted by atomic mass is 10.1. The van der Waals surface area contributed by atoms with E-state index in [-0.39, 0.29) is 0 Å². The van der Waals surface area contributed by atoms with E-state index in [1.165, 1.54) is 21.9 Å². The fourth-order valence-corrected chi connectivity index (χ4v) is 2.02. The van der Waals surface area contributed by atoms with Gasteiger partial charge in [0.25, 0.3) is 0 Å². The Bertz CT molecular complexity index is 734. The van der Waals surface area contributed by atoms with Gasteiger partial charge in [-0.2, -0.15) is 4.40 Å². The monoisotopic (exact) mass is 293 g/mol. The van der Waals surface area contributed by atoms with Gasteiger partial charge in [0.05, 0.1) is 0 Å². The molecule has 2 aromatic heterocycles. The van der Waals surface area contributed by atoms with Crippen LogP contribution in [0.15, 0.2) is 54.9 Å². The molecule has 0 aliphatic carbocycles. The lowest BCUT2D eigenvalue weighted by molar-refractivity contribution is -2.00. The number of halogens is 1. The third-order valence-corrected chi connectivity index (χ3v) is 2.85. The number of hydrogen-bond donors (Lipinski definition) is 0. The lowest BCUT2D eigenvalue weighted by Crippen LogP contribution is -2.68. The standard InChI is InChI=1S/C14H12N.ClHO4/c1-11-5-4-6-12-10-15-8-3-2-7-13(15)9-14(11)12;2-1(3,4)5/h2-10H,1H3;(H,2,3,4,5)/q+1;/p-1. The molecule has 0 N–H and O–H groups in total. The molecule has 3 rings (SSSR count). The molecule has 104 valence electrons. The molecule has 0 fully saturated rings. The number of hydrogen-bond acceptors (Lipinski definition) is 4. The summed E-state index contributed by atoms with van der Waals surface area (Å²) in [4.78, 5) is 0. The smallest absolute Gasteiger partial charge is 0.211 e. The number of rotatable bonds is 0. The predicted octanol–water partition coefficient (Wildman–Crippen LogP) is -1.87. The zero-order valence-corrected chi connectivity index (χ0v) is 11.4. The van der Waals surface area contributed by atoms with Crippen molar-refractivity contribution >= 4 is 16.3 Å². The number of nitrogens with zero attached hydrogens (tertiary/aromatic N) is 1. The highest BCUT2D eigenvalue weighted by atomic mass is 35.7. The third-order valence-electron chi connectivity index (χ3n) is 2.85. The second-order valence-corrected chi connectivity index (χ2v) is 5.02. The molecule has 0 bridgehead atoms. The minimum atomic E-state index is -4.94. The predicted molar refractivity (Wildman–Crippen MR) is 61.8 cm³/mol. The van der Waals surface area contributed by atoms with Gasteiger partial charge in [0, 0.05) is 23.6 Å². The molecule has 0 amide bonds. The van der Waals surface area contributed by atoms with Crippen molar-refractivity contribution in [2.45, 2.75) is 6.92 Å². The highest BCUT2D eigenvalue weighted by molar-refractivity contribution is 5.86. The van der Waals surface area contributed by atoms with Gasteiger partial charge in [-0.3, -0.25) is 0 Å². The van der Waals surface area contributed by atoms with E-state index < -0.39 is 10.2 Å². The van der Waals surface area contributed by atoms with Gasteiger partial charge in [0.15, 0.2) is 12.4 Å². The minimum absolute atomic E-state index is 1.24. The van der Waals surface area contributed by atoms with E-state index in [9.17, 15) is 0 Å². The summed E-state index contributed by atoms with van der Waals surface area (Å²) in [5.41, 5.74) is 2.57. The number of aromatic nitrogens is 1. The minimum Gasteiger partial charge on any atom is -0.222 e. The molecule has 5 nitrogen and oxygen atoms in total. The first-order valence-corrected chi connectivity index (χ1v) is 6.99. The van der Waals surface area contributed by atoms with Crippen LogP contribution in [-0.4, -0.2) is 0 Å². The van der Waals surface area contributed by atoms with Crippen molar-refractivity contribution in [2.75, 3.05) is 0 Å². The highest BCUT2D eigenvalue weighted by Gasteiger charge is 2.04. The van der Waals surface area contributed by atoms with E-state index in [0.717, 1.165) is 0 Å². The Balaban J connectivity index is 0.000000257. The molecule has 0 spiro atoms. The Morgan fingerprint density at radius 3 is 2.35 bits per heavy atom. The second-order valence-electron chi connectivity index (χ2n) is 4.26. The Kier molecular flexibility index (Phi) is 4.17. The van der Waals surface area contributed by atoms with E-state index in [1.54, 1.807) is 0 Å². The molecule has 3 aromatic rings. The van der Waals surface area contributed by atoms with Crippen molar-refractivity contribution in [3.63, 3.8) is 0 Å². The summed E-state index contributed by atoms with van der Waals surface area (Å²) in [6, 6.07) is 14.9.